The molecule has 128 valence electrons. The predicted octanol–water partition coefficient (Wildman–Crippen LogP) is 2.59. The minimum absolute atomic E-state index is 0.0774. The van der Waals surface area contributed by atoms with Crippen LogP contribution in [0.4, 0.5) is 0 Å². The predicted molar refractivity (Wildman–Crippen MR) is 96.7 cm³/mol. The van der Waals surface area contributed by atoms with Gasteiger partial charge in [0.1, 0.15) is 0 Å². The van der Waals surface area contributed by atoms with Crippen LogP contribution < -0.4 is 4.72 Å². The molecular weight excluding hydrogens is 344 g/mol. The summed E-state index contributed by atoms with van der Waals surface area (Å²) in [6, 6.07) is 14.0. The Morgan fingerprint density at radius 3 is 2.42 bits per heavy atom. The lowest BCUT2D eigenvalue weighted by molar-refractivity contribution is 0.0785. The fourth-order valence-corrected chi connectivity index (χ4v) is 3.39. The Morgan fingerprint density at radius 2 is 1.83 bits per heavy atom. The number of thioether (sulfide) groups is 1. The number of nitrogens with one attached hydrogen (secondary N) is 1. The molecule has 0 radical (unpaired) electrons. The van der Waals surface area contributed by atoms with E-state index in [1.165, 1.54) is 19.2 Å². The summed E-state index contributed by atoms with van der Waals surface area (Å²) >= 11 is 1.66. The molecular formula is C17H20N2O3S2. The van der Waals surface area contributed by atoms with Crippen LogP contribution in [0.2, 0.25) is 0 Å². The molecule has 1 N–H and O–H groups in total. The van der Waals surface area contributed by atoms with Crippen LogP contribution >= 0.6 is 11.8 Å². The zero-order valence-electron chi connectivity index (χ0n) is 13.8. The van der Waals surface area contributed by atoms with Gasteiger partial charge < -0.3 is 4.90 Å². The molecule has 0 aliphatic rings. The standard InChI is InChI=1S/C17H20N2O3S2/c1-18-24(21,22)16-6-4-5-14(11-16)17(20)19(2)12-13-7-9-15(23-3)10-8-13/h4-11,18H,12H2,1-3H3. The van der Waals surface area contributed by atoms with Crippen molar-refractivity contribution < 1.29 is 13.2 Å². The third kappa shape index (κ3) is 4.37. The maximum atomic E-state index is 12.5. The number of carbonyl (C=O) groups excluding carboxylic acids is 1. The Balaban J connectivity index is 2.17. The van der Waals surface area contributed by atoms with Crippen LogP contribution in [-0.4, -0.2) is 39.6 Å². The Labute approximate surface area is 147 Å². The second-order valence-electron chi connectivity index (χ2n) is 5.24. The zero-order valence-corrected chi connectivity index (χ0v) is 15.4. The molecule has 2 aromatic carbocycles. The average molecular weight is 364 g/mol. The summed E-state index contributed by atoms with van der Waals surface area (Å²) < 4.78 is 26.0. The summed E-state index contributed by atoms with van der Waals surface area (Å²) in [5, 5.41) is 0. The topological polar surface area (TPSA) is 66.5 Å². The molecule has 0 fully saturated rings. The quantitative estimate of drug-likeness (QED) is 0.800. The molecule has 24 heavy (non-hydrogen) atoms. The monoisotopic (exact) mass is 364 g/mol. The normalized spacial score (nSPS) is 11.3. The number of carbonyl (C=O) groups is 1. The van der Waals surface area contributed by atoms with E-state index in [4.69, 9.17) is 0 Å². The average Bonchev–Trinajstić information content (AvgIpc) is 2.61. The van der Waals surface area contributed by atoms with E-state index in [1.54, 1.807) is 35.8 Å². The molecule has 0 heterocycles. The summed E-state index contributed by atoms with van der Waals surface area (Å²) in [6.07, 6.45) is 2.01. The summed E-state index contributed by atoms with van der Waals surface area (Å²) in [5.41, 5.74) is 1.36. The van der Waals surface area contributed by atoms with Crippen molar-refractivity contribution in [1.29, 1.82) is 0 Å². The van der Waals surface area contributed by atoms with Gasteiger partial charge in [-0.05, 0) is 49.2 Å². The van der Waals surface area contributed by atoms with Crippen LogP contribution in [0.3, 0.4) is 0 Å². The van der Waals surface area contributed by atoms with E-state index in [-0.39, 0.29) is 10.8 Å². The highest BCUT2D eigenvalue weighted by molar-refractivity contribution is 7.98. The number of sulfonamides is 1. The van der Waals surface area contributed by atoms with E-state index in [9.17, 15) is 13.2 Å². The van der Waals surface area contributed by atoms with Crippen LogP contribution in [0, 0.1) is 0 Å². The SMILES string of the molecule is CNS(=O)(=O)c1cccc(C(=O)N(C)Cc2ccc(SC)cc2)c1. The first-order valence-corrected chi connectivity index (χ1v) is 10.00. The van der Waals surface area contributed by atoms with Gasteiger partial charge in [0.05, 0.1) is 4.90 Å². The highest BCUT2D eigenvalue weighted by Gasteiger charge is 2.16. The van der Waals surface area contributed by atoms with E-state index >= 15 is 0 Å². The number of hydrogen-bond donors (Lipinski definition) is 1. The zero-order chi connectivity index (χ0) is 17.7. The van der Waals surface area contributed by atoms with Gasteiger partial charge in [0.15, 0.2) is 0 Å². The molecule has 0 unspecified atom stereocenters. The van der Waals surface area contributed by atoms with Gasteiger partial charge in [0.25, 0.3) is 5.91 Å². The van der Waals surface area contributed by atoms with Gasteiger partial charge in [0, 0.05) is 24.1 Å². The molecule has 0 saturated heterocycles. The minimum Gasteiger partial charge on any atom is -0.337 e. The molecule has 5 nitrogen and oxygen atoms in total. The van der Waals surface area contributed by atoms with Gasteiger partial charge in [0.2, 0.25) is 10.0 Å². The Hall–Kier alpha value is -1.83. The molecule has 0 aliphatic carbocycles. The summed E-state index contributed by atoms with van der Waals surface area (Å²) in [4.78, 5) is 15.4. The summed E-state index contributed by atoms with van der Waals surface area (Å²) in [7, 11) is -0.530. The molecule has 0 aliphatic heterocycles. The van der Waals surface area contributed by atoms with Crippen molar-refractivity contribution in [1.82, 2.24) is 9.62 Å². The number of nitrogens with zero attached hydrogens (tertiary/aromatic N) is 1. The number of rotatable bonds is 6. The van der Waals surface area contributed by atoms with Crippen molar-refractivity contribution >= 4 is 27.7 Å². The number of hydrogen-bond acceptors (Lipinski definition) is 4. The van der Waals surface area contributed by atoms with Crippen molar-refractivity contribution in [2.75, 3.05) is 20.4 Å². The Morgan fingerprint density at radius 1 is 1.17 bits per heavy atom. The van der Waals surface area contributed by atoms with E-state index in [1.807, 2.05) is 30.5 Å². The second kappa shape index (κ2) is 7.83. The lowest BCUT2D eigenvalue weighted by Gasteiger charge is -2.18. The van der Waals surface area contributed by atoms with E-state index in [0.29, 0.717) is 12.1 Å². The van der Waals surface area contributed by atoms with Crippen LogP contribution in [0.15, 0.2) is 58.3 Å². The number of amides is 1. The smallest absolute Gasteiger partial charge is 0.253 e. The summed E-state index contributed by atoms with van der Waals surface area (Å²) in [5.74, 6) is -0.225. The largest absolute Gasteiger partial charge is 0.337 e. The molecule has 2 aromatic rings. The third-order valence-corrected chi connectivity index (χ3v) is 5.74. The lowest BCUT2D eigenvalue weighted by Crippen LogP contribution is -2.26. The van der Waals surface area contributed by atoms with Crippen LogP contribution in [-0.2, 0) is 16.6 Å². The molecule has 0 bridgehead atoms. The number of benzene rings is 2. The molecule has 0 aromatic heterocycles. The highest BCUT2D eigenvalue weighted by atomic mass is 32.2. The first-order chi connectivity index (χ1) is 11.4. The van der Waals surface area contributed by atoms with Crippen molar-refractivity contribution in [2.45, 2.75) is 16.3 Å². The van der Waals surface area contributed by atoms with Crippen molar-refractivity contribution in [2.24, 2.45) is 0 Å². The minimum atomic E-state index is -3.57. The Bertz CT molecular complexity index is 818. The van der Waals surface area contributed by atoms with Gasteiger partial charge in [-0.1, -0.05) is 18.2 Å². The van der Waals surface area contributed by atoms with E-state index in [0.717, 1.165) is 10.5 Å². The highest BCUT2D eigenvalue weighted by Crippen LogP contribution is 2.17. The van der Waals surface area contributed by atoms with Crippen LogP contribution in [0.1, 0.15) is 15.9 Å². The first-order valence-electron chi connectivity index (χ1n) is 7.29. The van der Waals surface area contributed by atoms with Gasteiger partial charge in [-0.3, -0.25) is 4.79 Å². The fourth-order valence-electron chi connectivity index (χ4n) is 2.21. The maximum absolute atomic E-state index is 12.5. The fraction of sp³-hybridized carbons (Fsp3) is 0.235. The maximum Gasteiger partial charge on any atom is 0.253 e. The second-order valence-corrected chi connectivity index (χ2v) is 8.01. The van der Waals surface area contributed by atoms with Crippen molar-refractivity contribution in [3.05, 3.63) is 59.7 Å². The van der Waals surface area contributed by atoms with Crippen LogP contribution in [0.5, 0.6) is 0 Å². The van der Waals surface area contributed by atoms with Crippen molar-refractivity contribution in [3.63, 3.8) is 0 Å². The van der Waals surface area contributed by atoms with Gasteiger partial charge in [-0.15, -0.1) is 11.8 Å². The van der Waals surface area contributed by atoms with Gasteiger partial charge >= 0.3 is 0 Å². The first kappa shape index (κ1) is 18.5. The molecule has 7 heteroatoms. The molecule has 0 spiro atoms. The van der Waals surface area contributed by atoms with E-state index in [2.05, 4.69) is 4.72 Å². The Kier molecular flexibility index (Phi) is 6.04. The van der Waals surface area contributed by atoms with Crippen molar-refractivity contribution in [3.8, 4) is 0 Å². The molecule has 0 saturated carbocycles. The molecule has 1 amide bonds. The lowest BCUT2D eigenvalue weighted by atomic mass is 10.1. The van der Waals surface area contributed by atoms with Gasteiger partial charge in [-0.2, -0.15) is 0 Å². The molecule has 0 atom stereocenters. The molecule has 2 rings (SSSR count). The third-order valence-electron chi connectivity index (χ3n) is 3.59. The van der Waals surface area contributed by atoms with Crippen LogP contribution in [0.25, 0.3) is 0 Å². The van der Waals surface area contributed by atoms with E-state index < -0.39 is 10.0 Å². The summed E-state index contributed by atoms with van der Waals surface area (Å²) in [6.45, 7) is 0.455. The van der Waals surface area contributed by atoms with Gasteiger partial charge in [-0.25, -0.2) is 13.1 Å².